The molecule has 3 rings (SSSR count). The van der Waals surface area contributed by atoms with Crippen molar-refractivity contribution in [3.05, 3.63) is 66.2 Å². The van der Waals surface area contributed by atoms with E-state index in [4.69, 9.17) is 0 Å². The van der Waals surface area contributed by atoms with Gasteiger partial charge in [-0.15, -0.1) is 11.8 Å². The molecule has 0 spiro atoms. The number of nitrogens with one attached hydrogen (secondary N) is 2. The Kier molecular flexibility index (Phi) is 7.61. The molecule has 1 saturated carbocycles. The molecule has 0 unspecified atom stereocenters. The molecule has 1 fully saturated rings. The molecule has 7 heteroatoms. The monoisotopic (exact) mass is 431 g/mol. The standard InChI is InChI=1S/C22H29N3O2S2/c1-23-21(25-18-22(13-14-22)28-20-11-6-3-7-12-20)24-15-8-16-29(26,27)17-19-9-4-2-5-10-19/h2-7,9-12H,8,13-18H2,1H3,(H2,23,24,25). The van der Waals surface area contributed by atoms with Crippen molar-refractivity contribution in [2.24, 2.45) is 4.99 Å². The summed E-state index contributed by atoms with van der Waals surface area (Å²) in [5, 5.41) is 6.63. The molecule has 0 aliphatic heterocycles. The van der Waals surface area contributed by atoms with Crippen molar-refractivity contribution >= 4 is 27.6 Å². The first-order valence-corrected chi connectivity index (χ1v) is 12.6. The molecule has 0 atom stereocenters. The summed E-state index contributed by atoms with van der Waals surface area (Å²) in [6, 6.07) is 19.8. The van der Waals surface area contributed by atoms with Gasteiger partial charge in [0.1, 0.15) is 0 Å². The molecule has 0 bridgehead atoms. The van der Waals surface area contributed by atoms with Gasteiger partial charge in [0.15, 0.2) is 15.8 Å². The summed E-state index contributed by atoms with van der Waals surface area (Å²) in [4.78, 5) is 5.55. The molecule has 0 saturated heterocycles. The summed E-state index contributed by atoms with van der Waals surface area (Å²) in [6.45, 7) is 1.42. The van der Waals surface area contributed by atoms with Crippen LogP contribution in [0.15, 0.2) is 70.6 Å². The molecular formula is C22H29N3O2S2. The smallest absolute Gasteiger partial charge is 0.191 e. The van der Waals surface area contributed by atoms with Crippen LogP contribution < -0.4 is 10.6 Å². The van der Waals surface area contributed by atoms with Gasteiger partial charge >= 0.3 is 0 Å². The molecule has 0 radical (unpaired) electrons. The van der Waals surface area contributed by atoms with E-state index in [0.717, 1.165) is 18.1 Å². The number of hydrogen-bond acceptors (Lipinski definition) is 4. The first-order valence-electron chi connectivity index (χ1n) is 9.93. The highest BCUT2D eigenvalue weighted by molar-refractivity contribution is 8.01. The van der Waals surface area contributed by atoms with Crippen molar-refractivity contribution < 1.29 is 8.42 Å². The minimum atomic E-state index is -3.10. The van der Waals surface area contributed by atoms with Gasteiger partial charge in [-0.1, -0.05) is 48.5 Å². The first kappa shape index (κ1) is 21.7. The molecule has 156 valence electrons. The van der Waals surface area contributed by atoms with Crippen LogP contribution in [0.4, 0.5) is 0 Å². The predicted octanol–water partition coefficient (Wildman–Crippen LogP) is 3.48. The van der Waals surface area contributed by atoms with Crippen molar-refractivity contribution in [1.29, 1.82) is 0 Å². The van der Waals surface area contributed by atoms with Crippen LogP contribution >= 0.6 is 11.8 Å². The van der Waals surface area contributed by atoms with Crippen molar-refractivity contribution in [3.63, 3.8) is 0 Å². The second kappa shape index (κ2) is 10.2. The molecule has 2 aromatic rings. The van der Waals surface area contributed by atoms with Gasteiger partial charge in [0.2, 0.25) is 0 Å². The maximum absolute atomic E-state index is 12.3. The van der Waals surface area contributed by atoms with E-state index in [9.17, 15) is 8.42 Å². The Balaban J connectivity index is 1.37. The highest BCUT2D eigenvalue weighted by Crippen LogP contribution is 2.51. The molecular weight excluding hydrogens is 402 g/mol. The van der Waals surface area contributed by atoms with Gasteiger partial charge in [-0.25, -0.2) is 8.42 Å². The summed E-state index contributed by atoms with van der Waals surface area (Å²) < 4.78 is 24.8. The minimum absolute atomic E-state index is 0.0973. The van der Waals surface area contributed by atoms with Crippen LogP contribution in [0.2, 0.25) is 0 Å². The van der Waals surface area contributed by atoms with Crippen LogP contribution in [0.5, 0.6) is 0 Å². The second-order valence-corrected chi connectivity index (χ2v) is 11.1. The molecule has 2 N–H and O–H groups in total. The van der Waals surface area contributed by atoms with Gasteiger partial charge < -0.3 is 10.6 Å². The van der Waals surface area contributed by atoms with E-state index in [2.05, 4.69) is 39.9 Å². The third-order valence-electron chi connectivity index (χ3n) is 4.84. The van der Waals surface area contributed by atoms with Crippen LogP contribution in [-0.2, 0) is 15.6 Å². The van der Waals surface area contributed by atoms with Crippen molar-refractivity contribution in [2.75, 3.05) is 25.9 Å². The zero-order valence-corrected chi connectivity index (χ0v) is 18.4. The van der Waals surface area contributed by atoms with E-state index in [1.165, 1.54) is 17.7 Å². The first-order chi connectivity index (χ1) is 14.0. The fourth-order valence-electron chi connectivity index (χ4n) is 3.06. The van der Waals surface area contributed by atoms with Gasteiger partial charge in [0.05, 0.1) is 11.5 Å². The van der Waals surface area contributed by atoms with Crippen LogP contribution in [-0.4, -0.2) is 45.0 Å². The van der Waals surface area contributed by atoms with Crippen LogP contribution in [0, 0.1) is 0 Å². The Labute approximate surface area is 178 Å². The Morgan fingerprint density at radius 1 is 1.03 bits per heavy atom. The number of thioether (sulfide) groups is 1. The summed E-state index contributed by atoms with van der Waals surface area (Å²) in [5.41, 5.74) is 0.837. The van der Waals surface area contributed by atoms with Gasteiger partial charge in [-0.3, -0.25) is 4.99 Å². The lowest BCUT2D eigenvalue weighted by Gasteiger charge is -2.18. The number of sulfone groups is 1. The zero-order chi connectivity index (χ0) is 20.6. The van der Waals surface area contributed by atoms with Gasteiger partial charge in [-0.2, -0.15) is 0 Å². The Morgan fingerprint density at radius 3 is 2.31 bits per heavy atom. The van der Waals surface area contributed by atoms with Crippen LogP contribution in [0.3, 0.4) is 0 Å². The molecule has 0 amide bonds. The largest absolute Gasteiger partial charge is 0.356 e. The van der Waals surface area contributed by atoms with Gasteiger partial charge in [0.25, 0.3) is 0 Å². The lowest BCUT2D eigenvalue weighted by atomic mass is 10.2. The summed E-state index contributed by atoms with van der Waals surface area (Å²) in [6.07, 6.45) is 2.93. The third-order valence-corrected chi connectivity index (χ3v) is 8.02. The molecule has 5 nitrogen and oxygen atoms in total. The van der Waals surface area contributed by atoms with E-state index in [0.29, 0.717) is 13.0 Å². The fourth-order valence-corrected chi connectivity index (χ4v) is 5.73. The number of benzene rings is 2. The molecule has 0 heterocycles. The van der Waals surface area contributed by atoms with Gasteiger partial charge in [0, 0.05) is 29.8 Å². The SMILES string of the molecule is CN=C(NCCCS(=O)(=O)Cc1ccccc1)NCC1(Sc2ccccc2)CC1. The molecule has 0 aromatic heterocycles. The molecule has 1 aliphatic carbocycles. The third kappa shape index (κ3) is 7.40. The topological polar surface area (TPSA) is 70.6 Å². The van der Waals surface area contributed by atoms with Crippen LogP contribution in [0.25, 0.3) is 0 Å². The van der Waals surface area contributed by atoms with Crippen molar-refractivity contribution in [1.82, 2.24) is 10.6 Å². The Hall–Kier alpha value is -1.99. The fraction of sp³-hybridized carbons (Fsp3) is 0.409. The highest BCUT2D eigenvalue weighted by atomic mass is 32.2. The van der Waals surface area contributed by atoms with Crippen molar-refractivity contribution in [3.8, 4) is 0 Å². The zero-order valence-electron chi connectivity index (χ0n) is 16.8. The second-order valence-electron chi connectivity index (χ2n) is 7.38. The maximum atomic E-state index is 12.3. The summed E-state index contributed by atoms with van der Waals surface area (Å²) >= 11 is 1.92. The normalized spacial score (nSPS) is 15.7. The summed E-state index contributed by atoms with van der Waals surface area (Å²) in [5.74, 6) is 0.991. The lowest BCUT2D eigenvalue weighted by Crippen LogP contribution is -2.41. The van der Waals surface area contributed by atoms with Gasteiger partial charge in [-0.05, 0) is 37.0 Å². The Bertz CT molecular complexity index is 896. The number of hydrogen-bond donors (Lipinski definition) is 2. The average molecular weight is 432 g/mol. The Morgan fingerprint density at radius 2 is 1.69 bits per heavy atom. The molecule has 29 heavy (non-hydrogen) atoms. The van der Waals surface area contributed by atoms with E-state index >= 15 is 0 Å². The van der Waals surface area contributed by atoms with E-state index < -0.39 is 9.84 Å². The maximum Gasteiger partial charge on any atom is 0.191 e. The number of aliphatic imine (C=N–C) groups is 1. The van der Waals surface area contributed by atoms with E-state index in [-0.39, 0.29) is 16.3 Å². The average Bonchev–Trinajstić information content (AvgIpc) is 3.48. The highest BCUT2D eigenvalue weighted by Gasteiger charge is 2.43. The number of nitrogens with zero attached hydrogens (tertiary/aromatic N) is 1. The molecule has 2 aromatic carbocycles. The summed E-state index contributed by atoms with van der Waals surface area (Å²) in [7, 11) is -1.36. The quantitative estimate of drug-likeness (QED) is 0.342. The van der Waals surface area contributed by atoms with Crippen molar-refractivity contribution in [2.45, 2.75) is 34.7 Å². The number of rotatable bonds is 10. The lowest BCUT2D eigenvalue weighted by molar-refractivity contribution is 0.591. The molecule has 1 aliphatic rings. The number of guanidine groups is 1. The van der Waals surface area contributed by atoms with E-state index in [1.54, 1.807) is 7.05 Å². The predicted molar refractivity (Wildman–Crippen MR) is 122 cm³/mol. The van der Waals surface area contributed by atoms with Crippen LogP contribution in [0.1, 0.15) is 24.8 Å². The minimum Gasteiger partial charge on any atom is -0.356 e. The van der Waals surface area contributed by atoms with E-state index in [1.807, 2.05) is 48.2 Å².